The van der Waals surface area contributed by atoms with Gasteiger partial charge in [0.05, 0.1) is 0 Å². The molecule has 0 bridgehead atoms. The normalized spacial score (nSPS) is 15.4. The van der Waals surface area contributed by atoms with Gasteiger partial charge < -0.3 is 15.5 Å². The summed E-state index contributed by atoms with van der Waals surface area (Å²) in [6.07, 6.45) is 0. The van der Waals surface area contributed by atoms with E-state index in [0.717, 1.165) is 36.8 Å². The minimum atomic E-state index is 0.819. The molecule has 4 heteroatoms. The summed E-state index contributed by atoms with van der Waals surface area (Å²) >= 11 is 4.33. The van der Waals surface area contributed by atoms with E-state index < -0.39 is 0 Å². The van der Waals surface area contributed by atoms with Crippen LogP contribution >= 0.6 is 12.6 Å². The molecule has 0 unspecified atom stereocenters. The van der Waals surface area contributed by atoms with Crippen molar-refractivity contribution in [1.82, 2.24) is 0 Å². The van der Waals surface area contributed by atoms with Crippen LogP contribution < -0.4 is 15.5 Å². The van der Waals surface area contributed by atoms with Gasteiger partial charge in [-0.2, -0.15) is 0 Å². The number of nitrogens with two attached hydrogens (primary N) is 1. The first-order chi connectivity index (χ1) is 9.72. The number of benzene rings is 2. The molecule has 0 amide bonds. The molecule has 2 aromatic carbocycles. The molecule has 3 nitrogen and oxygen atoms in total. The summed E-state index contributed by atoms with van der Waals surface area (Å²) in [7, 11) is 0. The number of rotatable bonds is 2. The summed E-state index contributed by atoms with van der Waals surface area (Å²) in [4.78, 5) is 5.83. The molecule has 2 N–H and O–H groups in total. The van der Waals surface area contributed by atoms with Gasteiger partial charge in [0.2, 0.25) is 0 Å². The number of hydrogen-bond acceptors (Lipinski definition) is 4. The number of nitrogens with zero attached hydrogens (tertiary/aromatic N) is 2. The molecule has 1 fully saturated rings. The average molecular weight is 285 g/mol. The third kappa shape index (κ3) is 2.85. The highest BCUT2D eigenvalue weighted by Gasteiger charge is 2.17. The van der Waals surface area contributed by atoms with Crippen LogP contribution in [-0.4, -0.2) is 26.2 Å². The van der Waals surface area contributed by atoms with Crippen molar-refractivity contribution in [2.45, 2.75) is 4.90 Å². The van der Waals surface area contributed by atoms with Gasteiger partial charge in [0.25, 0.3) is 0 Å². The highest BCUT2D eigenvalue weighted by atomic mass is 32.1. The molecule has 1 heterocycles. The molecule has 0 aliphatic carbocycles. The maximum atomic E-state index is 5.73. The Morgan fingerprint density at radius 2 is 1.10 bits per heavy atom. The molecule has 0 aromatic heterocycles. The van der Waals surface area contributed by atoms with Gasteiger partial charge in [0.15, 0.2) is 0 Å². The van der Waals surface area contributed by atoms with Gasteiger partial charge in [0, 0.05) is 48.1 Å². The predicted molar refractivity (Wildman–Crippen MR) is 89.0 cm³/mol. The van der Waals surface area contributed by atoms with Crippen LogP contribution in [0.2, 0.25) is 0 Å². The van der Waals surface area contributed by atoms with E-state index >= 15 is 0 Å². The Balaban J connectivity index is 1.64. The van der Waals surface area contributed by atoms with Gasteiger partial charge in [-0.3, -0.25) is 0 Å². The van der Waals surface area contributed by atoms with Gasteiger partial charge in [-0.1, -0.05) is 0 Å². The van der Waals surface area contributed by atoms with E-state index in [1.807, 2.05) is 24.3 Å². The number of piperazine rings is 1. The summed E-state index contributed by atoms with van der Waals surface area (Å²) in [6, 6.07) is 16.5. The van der Waals surface area contributed by atoms with Crippen LogP contribution in [0.25, 0.3) is 0 Å². The Labute approximate surface area is 125 Å². The van der Waals surface area contributed by atoms with Gasteiger partial charge in [-0.05, 0) is 48.5 Å². The Bertz CT molecular complexity index is 504. The first kappa shape index (κ1) is 13.2. The maximum absolute atomic E-state index is 5.73. The van der Waals surface area contributed by atoms with E-state index in [4.69, 9.17) is 5.73 Å². The molecular weight excluding hydrogens is 266 g/mol. The van der Waals surface area contributed by atoms with Gasteiger partial charge in [-0.25, -0.2) is 0 Å². The number of thiol groups is 1. The topological polar surface area (TPSA) is 32.5 Å². The van der Waals surface area contributed by atoms with E-state index in [1.165, 1.54) is 11.4 Å². The highest BCUT2D eigenvalue weighted by Crippen LogP contribution is 2.22. The SMILES string of the molecule is Nc1ccc(N2CCN(c3ccc(S)cc3)CC2)cc1. The quantitative estimate of drug-likeness (QED) is 0.657. The summed E-state index contributed by atoms with van der Waals surface area (Å²) < 4.78 is 0. The molecule has 1 aliphatic rings. The van der Waals surface area contributed by atoms with Crippen LogP contribution in [-0.2, 0) is 0 Å². The predicted octanol–water partition coefficient (Wildman–Crippen LogP) is 2.88. The molecule has 0 atom stereocenters. The summed E-state index contributed by atoms with van der Waals surface area (Å²) in [5.74, 6) is 0. The van der Waals surface area contributed by atoms with Crippen LogP contribution in [0.5, 0.6) is 0 Å². The first-order valence-electron chi connectivity index (χ1n) is 6.87. The average Bonchev–Trinajstić information content (AvgIpc) is 2.49. The fourth-order valence-corrected chi connectivity index (χ4v) is 2.72. The molecule has 2 aromatic rings. The number of anilines is 3. The van der Waals surface area contributed by atoms with Crippen LogP contribution in [0.3, 0.4) is 0 Å². The lowest BCUT2D eigenvalue weighted by Gasteiger charge is -2.37. The van der Waals surface area contributed by atoms with Crippen molar-refractivity contribution in [3.63, 3.8) is 0 Å². The van der Waals surface area contributed by atoms with Crippen molar-refractivity contribution in [2.75, 3.05) is 41.7 Å². The van der Waals surface area contributed by atoms with Gasteiger partial charge in [0.1, 0.15) is 0 Å². The largest absolute Gasteiger partial charge is 0.399 e. The molecule has 1 saturated heterocycles. The van der Waals surface area contributed by atoms with E-state index in [2.05, 4.69) is 46.7 Å². The summed E-state index contributed by atoms with van der Waals surface area (Å²) in [6.45, 7) is 4.14. The Hall–Kier alpha value is -1.81. The van der Waals surface area contributed by atoms with Crippen molar-refractivity contribution in [3.8, 4) is 0 Å². The van der Waals surface area contributed by atoms with Crippen LogP contribution in [0.4, 0.5) is 17.1 Å². The Kier molecular flexibility index (Phi) is 3.74. The van der Waals surface area contributed by atoms with E-state index in [1.54, 1.807) is 0 Å². The second-order valence-electron chi connectivity index (χ2n) is 5.08. The Morgan fingerprint density at radius 3 is 1.55 bits per heavy atom. The lowest BCUT2D eigenvalue weighted by Crippen LogP contribution is -2.46. The highest BCUT2D eigenvalue weighted by molar-refractivity contribution is 7.80. The third-order valence-corrected chi connectivity index (χ3v) is 4.05. The number of nitrogen functional groups attached to an aromatic ring is 1. The van der Waals surface area contributed by atoms with Crippen molar-refractivity contribution in [3.05, 3.63) is 48.5 Å². The lowest BCUT2D eigenvalue weighted by molar-refractivity contribution is 0.653. The molecule has 0 spiro atoms. The van der Waals surface area contributed by atoms with E-state index in [0.29, 0.717) is 0 Å². The third-order valence-electron chi connectivity index (χ3n) is 3.75. The fourth-order valence-electron chi connectivity index (χ4n) is 2.57. The second-order valence-corrected chi connectivity index (χ2v) is 5.60. The van der Waals surface area contributed by atoms with Crippen molar-refractivity contribution < 1.29 is 0 Å². The van der Waals surface area contributed by atoms with Crippen molar-refractivity contribution >= 4 is 29.7 Å². The minimum Gasteiger partial charge on any atom is -0.399 e. The summed E-state index contributed by atoms with van der Waals surface area (Å²) in [5, 5.41) is 0. The molecule has 20 heavy (non-hydrogen) atoms. The van der Waals surface area contributed by atoms with Crippen molar-refractivity contribution in [2.24, 2.45) is 0 Å². The standard InChI is InChI=1S/C16H19N3S/c17-13-1-3-14(4-2-13)18-9-11-19(12-10-18)15-5-7-16(20)8-6-15/h1-8,20H,9-12,17H2. The smallest absolute Gasteiger partial charge is 0.0368 e. The van der Waals surface area contributed by atoms with Crippen LogP contribution in [0.1, 0.15) is 0 Å². The van der Waals surface area contributed by atoms with Crippen LogP contribution in [0.15, 0.2) is 53.4 Å². The zero-order chi connectivity index (χ0) is 13.9. The molecule has 104 valence electrons. The monoisotopic (exact) mass is 285 g/mol. The zero-order valence-electron chi connectivity index (χ0n) is 11.4. The van der Waals surface area contributed by atoms with E-state index in [-0.39, 0.29) is 0 Å². The van der Waals surface area contributed by atoms with Gasteiger partial charge in [-0.15, -0.1) is 12.6 Å². The minimum absolute atomic E-state index is 0.819. The second kappa shape index (κ2) is 5.67. The summed E-state index contributed by atoms with van der Waals surface area (Å²) in [5.41, 5.74) is 9.08. The van der Waals surface area contributed by atoms with Crippen molar-refractivity contribution in [1.29, 1.82) is 0 Å². The molecule has 0 radical (unpaired) electrons. The molecule has 3 rings (SSSR count). The zero-order valence-corrected chi connectivity index (χ0v) is 12.3. The van der Waals surface area contributed by atoms with E-state index in [9.17, 15) is 0 Å². The van der Waals surface area contributed by atoms with Gasteiger partial charge >= 0.3 is 0 Å². The fraction of sp³-hybridized carbons (Fsp3) is 0.250. The molecular formula is C16H19N3S. The Morgan fingerprint density at radius 1 is 0.700 bits per heavy atom. The lowest BCUT2D eigenvalue weighted by atomic mass is 10.2. The van der Waals surface area contributed by atoms with Crippen LogP contribution in [0, 0.1) is 0 Å². The molecule has 0 saturated carbocycles. The number of hydrogen-bond donors (Lipinski definition) is 2. The molecule has 1 aliphatic heterocycles. The maximum Gasteiger partial charge on any atom is 0.0368 e. The first-order valence-corrected chi connectivity index (χ1v) is 7.31.